The summed E-state index contributed by atoms with van der Waals surface area (Å²) in [6.07, 6.45) is 5.25. The van der Waals surface area contributed by atoms with E-state index >= 15 is 0 Å². The molecule has 2 aromatic rings. The maximum absolute atomic E-state index is 12.3. The highest BCUT2D eigenvalue weighted by Crippen LogP contribution is 2.27. The van der Waals surface area contributed by atoms with Crippen LogP contribution in [0.1, 0.15) is 22.8 Å². The van der Waals surface area contributed by atoms with Gasteiger partial charge in [0.15, 0.2) is 0 Å². The van der Waals surface area contributed by atoms with Crippen molar-refractivity contribution in [3.05, 3.63) is 52.1 Å². The second-order valence-electron chi connectivity index (χ2n) is 5.58. The molecule has 122 valence electrons. The summed E-state index contributed by atoms with van der Waals surface area (Å²) in [4.78, 5) is 26.6. The van der Waals surface area contributed by atoms with Gasteiger partial charge in [-0.15, -0.1) is 0 Å². The average molecular weight is 317 g/mol. The van der Waals surface area contributed by atoms with Crippen molar-refractivity contribution in [2.45, 2.75) is 20.4 Å². The van der Waals surface area contributed by atoms with Crippen molar-refractivity contribution in [2.75, 3.05) is 12.3 Å². The summed E-state index contributed by atoms with van der Waals surface area (Å²) in [5.41, 5.74) is 6.14. The van der Waals surface area contributed by atoms with Crippen LogP contribution in [0, 0.1) is 23.0 Å². The van der Waals surface area contributed by atoms with Crippen molar-refractivity contribution in [3.63, 3.8) is 0 Å². The van der Waals surface area contributed by atoms with E-state index in [1.807, 2.05) is 17.7 Å². The number of imidazole rings is 1. The Balaban J connectivity index is 2.04. The summed E-state index contributed by atoms with van der Waals surface area (Å²) in [7, 11) is 0. The normalized spacial score (nSPS) is 11.9. The van der Waals surface area contributed by atoms with E-state index in [4.69, 9.17) is 5.73 Å². The van der Waals surface area contributed by atoms with Crippen LogP contribution in [0.15, 0.2) is 30.9 Å². The Morgan fingerprint density at radius 3 is 2.87 bits per heavy atom. The lowest BCUT2D eigenvalue weighted by molar-refractivity contribution is -0.384. The van der Waals surface area contributed by atoms with Gasteiger partial charge in [0.05, 0.1) is 16.8 Å². The van der Waals surface area contributed by atoms with E-state index in [-0.39, 0.29) is 22.9 Å². The summed E-state index contributed by atoms with van der Waals surface area (Å²) in [6.45, 7) is 4.81. The Labute approximate surface area is 133 Å². The molecule has 8 nitrogen and oxygen atoms in total. The number of nitro benzene ring substituents is 1. The number of aryl methyl sites for hydroxylation is 1. The number of aromatic nitrogens is 2. The van der Waals surface area contributed by atoms with Crippen LogP contribution in [0.5, 0.6) is 0 Å². The molecule has 1 aromatic heterocycles. The predicted octanol–water partition coefficient (Wildman–Crippen LogP) is 1.75. The van der Waals surface area contributed by atoms with Crippen molar-refractivity contribution in [2.24, 2.45) is 5.92 Å². The van der Waals surface area contributed by atoms with Crippen LogP contribution in [0.25, 0.3) is 0 Å². The number of nitrogens with two attached hydrogens (primary N) is 1. The molecule has 3 N–H and O–H groups in total. The van der Waals surface area contributed by atoms with Crippen molar-refractivity contribution in [1.82, 2.24) is 14.9 Å². The van der Waals surface area contributed by atoms with Crippen LogP contribution in [0.4, 0.5) is 11.4 Å². The fraction of sp³-hybridized carbons (Fsp3) is 0.333. The summed E-state index contributed by atoms with van der Waals surface area (Å²) < 4.78 is 1.92. The molecule has 0 spiro atoms. The van der Waals surface area contributed by atoms with Gasteiger partial charge in [0.25, 0.3) is 11.6 Å². The van der Waals surface area contributed by atoms with Crippen molar-refractivity contribution in [1.29, 1.82) is 0 Å². The minimum absolute atomic E-state index is 0.111. The van der Waals surface area contributed by atoms with Gasteiger partial charge in [-0.2, -0.15) is 0 Å². The van der Waals surface area contributed by atoms with E-state index in [1.165, 1.54) is 6.07 Å². The first kappa shape index (κ1) is 16.5. The molecule has 0 fully saturated rings. The number of amides is 1. The van der Waals surface area contributed by atoms with Crippen LogP contribution in [-0.2, 0) is 6.54 Å². The first-order chi connectivity index (χ1) is 10.9. The minimum atomic E-state index is -0.583. The van der Waals surface area contributed by atoms with Crippen molar-refractivity contribution >= 4 is 17.3 Å². The van der Waals surface area contributed by atoms with Gasteiger partial charge in [0, 0.05) is 31.5 Å². The standard InChI is InChI=1S/C15H19N5O3/c1-10-5-12(14(16)13(6-10)20(22)23)15(21)18-7-11(2)8-19-4-3-17-9-19/h3-6,9,11H,7-8,16H2,1-2H3,(H,18,21). The number of rotatable bonds is 6. The molecule has 1 amide bonds. The lowest BCUT2D eigenvalue weighted by atomic mass is 10.1. The van der Waals surface area contributed by atoms with Gasteiger partial charge in [-0.05, 0) is 24.5 Å². The zero-order valence-corrected chi connectivity index (χ0v) is 13.0. The summed E-state index contributed by atoms with van der Waals surface area (Å²) in [5.74, 6) is -0.235. The smallest absolute Gasteiger partial charge is 0.293 e. The molecule has 8 heteroatoms. The lowest BCUT2D eigenvalue weighted by Crippen LogP contribution is -2.30. The molecule has 0 aliphatic carbocycles. The minimum Gasteiger partial charge on any atom is -0.393 e. The number of hydrogen-bond donors (Lipinski definition) is 2. The molecule has 1 aromatic carbocycles. The van der Waals surface area contributed by atoms with Gasteiger partial charge in [-0.3, -0.25) is 14.9 Å². The van der Waals surface area contributed by atoms with Gasteiger partial charge in [-0.1, -0.05) is 6.92 Å². The molecule has 0 radical (unpaired) electrons. The highest BCUT2D eigenvalue weighted by atomic mass is 16.6. The second kappa shape index (κ2) is 6.91. The number of nitrogens with one attached hydrogen (secondary N) is 1. The number of benzene rings is 1. The Hall–Kier alpha value is -2.90. The molecule has 0 aliphatic heterocycles. The van der Waals surface area contributed by atoms with Gasteiger partial charge < -0.3 is 15.6 Å². The zero-order chi connectivity index (χ0) is 17.0. The third kappa shape index (κ3) is 4.06. The quantitative estimate of drug-likeness (QED) is 0.478. The van der Waals surface area contributed by atoms with E-state index in [9.17, 15) is 14.9 Å². The number of hydrogen-bond acceptors (Lipinski definition) is 5. The maximum atomic E-state index is 12.3. The third-order valence-corrected chi connectivity index (χ3v) is 3.44. The molecule has 0 saturated heterocycles. The molecule has 1 atom stereocenters. The van der Waals surface area contributed by atoms with Crippen LogP contribution >= 0.6 is 0 Å². The zero-order valence-electron chi connectivity index (χ0n) is 13.0. The van der Waals surface area contributed by atoms with E-state index in [0.29, 0.717) is 18.7 Å². The Bertz CT molecular complexity index is 712. The summed E-state index contributed by atoms with van der Waals surface area (Å²) >= 11 is 0. The third-order valence-electron chi connectivity index (χ3n) is 3.44. The fourth-order valence-corrected chi connectivity index (χ4v) is 2.30. The fourth-order valence-electron chi connectivity index (χ4n) is 2.30. The molecule has 0 aliphatic rings. The van der Waals surface area contributed by atoms with Gasteiger partial charge in [0.1, 0.15) is 5.69 Å². The van der Waals surface area contributed by atoms with Gasteiger partial charge in [-0.25, -0.2) is 4.98 Å². The Morgan fingerprint density at radius 2 is 2.26 bits per heavy atom. The van der Waals surface area contributed by atoms with Crippen LogP contribution < -0.4 is 11.1 Å². The van der Waals surface area contributed by atoms with Crippen molar-refractivity contribution < 1.29 is 9.72 Å². The molecule has 1 heterocycles. The highest BCUT2D eigenvalue weighted by Gasteiger charge is 2.20. The average Bonchev–Trinajstić information content (AvgIpc) is 2.99. The van der Waals surface area contributed by atoms with Crippen LogP contribution in [0.2, 0.25) is 0 Å². The number of nitrogen functional groups attached to an aromatic ring is 1. The largest absolute Gasteiger partial charge is 0.393 e. The summed E-state index contributed by atoms with van der Waals surface area (Å²) in [5, 5.41) is 13.7. The molecule has 2 rings (SSSR count). The number of carbonyl (C=O) groups excluding carboxylic acids is 1. The first-order valence-electron chi connectivity index (χ1n) is 7.17. The monoisotopic (exact) mass is 317 g/mol. The van der Waals surface area contributed by atoms with Gasteiger partial charge in [0.2, 0.25) is 0 Å². The van der Waals surface area contributed by atoms with Crippen LogP contribution in [0.3, 0.4) is 0 Å². The molecule has 23 heavy (non-hydrogen) atoms. The highest BCUT2D eigenvalue weighted by molar-refractivity contribution is 6.01. The van der Waals surface area contributed by atoms with E-state index in [2.05, 4.69) is 10.3 Å². The molecular formula is C15H19N5O3. The molecule has 0 bridgehead atoms. The topological polar surface area (TPSA) is 116 Å². The molecule has 0 saturated carbocycles. The van der Waals surface area contributed by atoms with Gasteiger partial charge >= 0.3 is 0 Å². The van der Waals surface area contributed by atoms with E-state index < -0.39 is 10.8 Å². The Kier molecular flexibility index (Phi) is 4.95. The molecule has 1 unspecified atom stereocenters. The lowest BCUT2D eigenvalue weighted by Gasteiger charge is -2.14. The SMILES string of the molecule is Cc1cc(C(=O)NCC(C)Cn2ccnc2)c(N)c([N+](=O)[O-])c1. The van der Waals surface area contributed by atoms with Crippen molar-refractivity contribution in [3.8, 4) is 0 Å². The first-order valence-corrected chi connectivity index (χ1v) is 7.17. The van der Waals surface area contributed by atoms with E-state index in [1.54, 1.807) is 25.5 Å². The summed E-state index contributed by atoms with van der Waals surface area (Å²) in [6, 6.07) is 2.91. The van der Waals surface area contributed by atoms with Crippen LogP contribution in [-0.4, -0.2) is 26.9 Å². The maximum Gasteiger partial charge on any atom is 0.293 e. The second-order valence-corrected chi connectivity index (χ2v) is 5.58. The number of anilines is 1. The Morgan fingerprint density at radius 1 is 1.52 bits per heavy atom. The molecular weight excluding hydrogens is 298 g/mol. The predicted molar refractivity (Wildman–Crippen MR) is 86.0 cm³/mol. The van der Waals surface area contributed by atoms with E-state index in [0.717, 1.165) is 0 Å². The number of nitrogens with zero attached hydrogens (tertiary/aromatic N) is 3. The number of nitro groups is 1. The number of carbonyl (C=O) groups is 1.